The topological polar surface area (TPSA) is 24.5 Å². The Morgan fingerprint density at radius 2 is 1.69 bits per heavy atom. The molecule has 3 aromatic rings. The Labute approximate surface area is 179 Å². The van der Waals surface area contributed by atoms with Crippen LogP contribution in [0.2, 0.25) is 5.02 Å². The molecule has 154 valence electrons. The maximum atomic E-state index is 6.30. The number of nitrogens with one attached hydrogen (secondary N) is 1. The second-order valence-corrected chi connectivity index (χ2v) is 7.61. The van der Waals surface area contributed by atoms with Gasteiger partial charge in [-0.2, -0.15) is 0 Å². The van der Waals surface area contributed by atoms with Crippen LogP contribution in [-0.2, 0) is 13.2 Å². The molecule has 4 heteroatoms. The van der Waals surface area contributed by atoms with Gasteiger partial charge in [-0.1, -0.05) is 74.0 Å². The normalized spacial score (nSPS) is 11.3. The van der Waals surface area contributed by atoms with E-state index >= 15 is 0 Å². The molecule has 0 aromatic heterocycles. The van der Waals surface area contributed by atoms with Crippen molar-refractivity contribution in [2.75, 3.05) is 26.2 Å². The first-order valence-corrected chi connectivity index (χ1v) is 10.9. The van der Waals surface area contributed by atoms with Crippen LogP contribution in [0.4, 0.5) is 0 Å². The third-order valence-electron chi connectivity index (χ3n) is 5.36. The van der Waals surface area contributed by atoms with Gasteiger partial charge in [-0.05, 0) is 55.5 Å². The fourth-order valence-electron chi connectivity index (χ4n) is 3.59. The van der Waals surface area contributed by atoms with E-state index in [2.05, 4.69) is 60.5 Å². The van der Waals surface area contributed by atoms with Gasteiger partial charge in [0, 0.05) is 22.7 Å². The van der Waals surface area contributed by atoms with Crippen LogP contribution in [-0.4, -0.2) is 31.1 Å². The van der Waals surface area contributed by atoms with Crippen molar-refractivity contribution in [1.29, 1.82) is 0 Å². The van der Waals surface area contributed by atoms with Crippen LogP contribution in [0, 0.1) is 0 Å². The lowest BCUT2D eigenvalue weighted by atomic mass is 10.0. The van der Waals surface area contributed by atoms with Crippen LogP contribution in [0.25, 0.3) is 10.8 Å². The van der Waals surface area contributed by atoms with Gasteiger partial charge in [0.25, 0.3) is 0 Å². The molecule has 0 radical (unpaired) electrons. The first-order chi connectivity index (χ1) is 14.2. The molecular weight excluding hydrogens is 380 g/mol. The van der Waals surface area contributed by atoms with Crippen LogP contribution < -0.4 is 10.1 Å². The largest absolute Gasteiger partial charge is 0.488 e. The van der Waals surface area contributed by atoms with E-state index in [1.54, 1.807) is 0 Å². The molecule has 0 bridgehead atoms. The van der Waals surface area contributed by atoms with Gasteiger partial charge in [-0.25, -0.2) is 0 Å². The molecule has 0 saturated heterocycles. The molecule has 1 N–H and O–H groups in total. The number of hydrogen-bond donors (Lipinski definition) is 1. The maximum absolute atomic E-state index is 6.30. The quantitative estimate of drug-likeness (QED) is 0.398. The molecule has 0 aliphatic heterocycles. The molecule has 0 fully saturated rings. The van der Waals surface area contributed by atoms with E-state index in [1.165, 1.54) is 16.3 Å². The second kappa shape index (κ2) is 11.2. The summed E-state index contributed by atoms with van der Waals surface area (Å²) in [6.07, 6.45) is 1.14. The van der Waals surface area contributed by atoms with Crippen LogP contribution in [0.15, 0.2) is 60.7 Å². The number of ether oxygens (including phenoxy) is 1. The standard InChI is InChI=1S/C25H31ClN2O/c1-3-28(4-2)17-9-16-27-18-23-22-12-7-5-10-20(22)14-15-25(23)29-19-21-11-6-8-13-24(21)26/h5-8,10-15,27H,3-4,9,16-19H2,1-2H3. The fraction of sp³-hybridized carbons (Fsp3) is 0.360. The summed E-state index contributed by atoms with van der Waals surface area (Å²) >= 11 is 6.30. The third kappa shape index (κ3) is 5.96. The van der Waals surface area contributed by atoms with E-state index < -0.39 is 0 Å². The summed E-state index contributed by atoms with van der Waals surface area (Å²) in [6, 6.07) is 20.5. The number of rotatable bonds is 11. The minimum Gasteiger partial charge on any atom is -0.488 e. The van der Waals surface area contributed by atoms with Gasteiger partial charge in [0.2, 0.25) is 0 Å². The maximum Gasteiger partial charge on any atom is 0.124 e. The Balaban J connectivity index is 1.69. The van der Waals surface area contributed by atoms with Gasteiger partial charge < -0.3 is 15.0 Å². The zero-order chi connectivity index (χ0) is 20.5. The van der Waals surface area contributed by atoms with E-state index in [0.29, 0.717) is 6.61 Å². The molecule has 0 atom stereocenters. The van der Waals surface area contributed by atoms with E-state index in [1.807, 2.05) is 24.3 Å². The van der Waals surface area contributed by atoms with Crippen molar-refractivity contribution >= 4 is 22.4 Å². The average molecular weight is 411 g/mol. The smallest absolute Gasteiger partial charge is 0.124 e. The summed E-state index contributed by atoms with van der Waals surface area (Å²) in [7, 11) is 0. The summed E-state index contributed by atoms with van der Waals surface area (Å²) in [5, 5.41) is 6.83. The molecule has 0 saturated carbocycles. The van der Waals surface area contributed by atoms with Crippen LogP contribution in [0.5, 0.6) is 5.75 Å². The minimum absolute atomic E-state index is 0.465. The summed E-state index contributed by atoms with van der Waals surface area (Å²) in [5.41, 5.74) is 2.21. The molecule has 3 aromatic carbocycles. The van der Waals surface area contributed by atoms with Gasteiger partial charge in [-0.15, -0.1) is 0 Å². The van der Waals surface area contributed by atoms with E-state index in [9.17, 15) is 0 Å². The highest BCUT2D eigenvalue weighted by Crippen LogP contribution is 2.29. The van der Waals surface area contributed by atoms with E-state index in [0.717, 1.165) is 55.5 Å². The Morgan fingerprint density at radius 3 is 2.48 bits per heavy atom. The number of nitrogens with zero attached hydrogens (tertiary/aromatic N) is 1. The number of fused-ring (bicyclic) bond motifs is 1. The zero-order valence-electron chi connectivity index (χ0n) is 17.5. The van der Waals surface area contributed by atoms with E-state index in [4.69, 9.17) is 16.3 Å². The Hall–Kier alpha value is -2.07. The first kappa shape index (κ1) is 21.6. The van der Waals surface area contributed by atoms with Gasteiger partial charge in [0.1, 0.15) is 12.4 Å². The predicted molar refractivity (Wildman–Crippen MR) is 124 cm³/mol. The van der Waals surface area contributed by atoms with Crippen LogP contribution in [0.3, 0.4) is 0 Å². The lowest BCUT2D eigenvalue weighted by Crippen LogP contribution is -2.27. The summed E-state index contributed by atoms with van der Waals surface area (Å²) in [5.74, 6) is 0.917. The molecule has 0 unspecified atom stereocenters. The summed E-state index contributed by atoms with van der Waals surface area (Å²) in [6.45, 7) is 10.0. The molecule has 29 heavy (non-hydrogen) atoms. The van der Waals surface area contributed by atoms with Crippen LogP contribution >= 0.6 is 11.6 Å². The molecule has 3 rings (SSSR count). The molecule has 0 spiro atoms. The van der Waals surface area contributed by atoms with Crippen molar-refractivity contribution in [2.24, 2.45) is 0 Å². The van der Waals surface area contributed by atoms with Gasteiger partial charge in [-0.3, -0.25) is 0 Å². The number of benzene rings is 3. The number of hydrogen-bond acceptors (Lipinski definition) is 3. The van der Waals surface area contributed by atoms with Gasteiger partial charge >= 0.3 is 0 Å². The molecule has 0 aliphatic rings. The van der Waals surface area contributed by atoms with Crippen molar-refractivity contribution in [3.8, 4) is 5.75 Å². The molecular formula is C25H31ClN2O. The zero-order valence-corrected chi connectivity index (χ0v) is 18.2. The molecule has 3 nitrogen and oxygen atoms in total. The van der Waals surface area contributed by atoms with Gasteiger partial charge in [0.15, 0.2) is 0 Å². The predicted octanol–water partition coefficient (Wildman–Crippen LogP) is 5.89. The lowest BCUT2D eigenvalue weighted by molar-refractivity contribution is 0.296. The van der Waals surface area contributed by atoms with Crippen molar-refractivity contribution < 1.29 is 4.74 Å². The highest BCUT2D eigenvalue weighted by Gasteiger charge is 2.10. The molecule has 0 heterocycles. The molecule has 0 amide bonds. The fourth-order valence-corrected chi connectivity index (χ4v) is 3.78. The highest BCUT2D eigenvalue weighted by atomic mass is 35.5. The number of halogens is 1. The van der Waals surface area contributed by atoms with Crippen molar-refractivity contribution in [2.45, 2.75) is 33.4 Å². The van der Waals surface area contributed by atoms with E-state index in [-0.39, 0.29) is 0 Å². The van der Waals surface area contributed by atoms with Crippen molar-refractivity contribution in [3.63, 3.8) is 0 Å². The Morgan fingerprint density at radius 1 is 0.931 bits per heavy atom. The Bertz CT molecular complexity index is 908. The summed E-state index contributed by atoms with van der Waals surface area (Å²) < 4.78 is 6.21. The van der Waals surface area contributed by atoms with Crippen LogP contribution in [0.1, 0.15) is 31.4 Å². The van der Waals surface area contributed by atoms with Crippen molar-refractivity contribution in [1.82, 2.24) is 10.2 Å². The lowest BCUT2D eigenvalue weighted by Gasteiger charge is -2.18. The average Bonchev–Trinajstić information content (AvgIpc) is 2.76. The SMILES string of the molecule is CCN(CC)CCCNCc1c(OCc2ccccc2Cl)ccc2ccccc12. The second-order valence-electron chi connectivity index (χ2n) is 7.20. The van der Waals surface area contributed by atoms with Crippen molar-refractivity contribution in [3.05, 3.63) is 76.8 Å². The Kier molecular flexibility index (Phi) is 8.36. The van der Waals surface area contributed by atoms with Gasteiger partial charge in [0.05, 0.1) is 0 Å². The molecule has 0 aliphatic carbocycles. The third-order valence-corrected chi connectivity index (χ3v) is 5.73. The highest BCUT2D eigenvalue weighted by molar-refractivity contribution is 6.31. The first-order valence-electron chi connectivity index (χ1n) is 10.5. The summed E-state index contributed by atoms with van der Waals surface area (Å²) in [4.78, 5) is 2.46. The minimum atomic E-state index is 0.465. The monoisotopic (exact) mass is 410 g/mol.